The van der Waals surface area contributed by atoms with E-state index >= 15 is 0 Å². The van der Waals surface area contributed by atoms with Crippen molar-refractivity contribution in [2.45, 2.75) is 65.2 Å². The van der Waals surface area contributed by atoms with E-state index in [1.165, 1.54) is 38.5 Å². The summed E-state index contributed by atoms with van der Waals surface area (Å²) < 4.78 is 4.80. The quantitative estimate of drug-likeness (QED) is 0.198. The third-order valence-corrected chi connectivity index (χ3v) is 9.56. The highest BCUT2D eigenvalue weighted by Gasteiger charge is 2.28. The second kappa shape index (κ2) is 20.4. The van der Waals surface area contributed by atoms with Gasteiger partial charge in [-0.3, -0.25) is 9.59 Å². The van der Waals surface area contributed by atoms with Crippen molar-refractivity contribution < 1.29 is 19.1 Å². The molecule has 3 aromatic carbocycles. The fourth-order valence-corrected chi connectivity index (χ4v) is 6.98. The van der Waals surface area contributed by atoms with Crippen LogP contribution in [0.15, 0.2) is 91.0 Å². The molecule has 3 amide bonds. The number of hydrogen-bond acceptors (Lipinski definition) is 5. The standard InChI is InChI=1S/C24H32N2O.C17H24N2O3/c1-2-24(27)26(23-15-7-4-8-16-23)20-22-14-10-18-25(19-22)17-9-13-21-11-5-3-6-12-21;1-3-16(20)19(15-9-5-4-6-10-15)13-14-8-7-11-18(12-14)17(21)22-2/h3-8,11-12,15-16,22H,2,9-10,13-14,17-20H2,1H3;4-6,9-10,14H,3,7-8,11-13H2,1-2H3. The van der Waals surface area contributed by atoms with E-state index in [0.29, 0.717) is 31.8 Å². The fourth-order valence-electron chi connectivity index (χ4n) is 6.98. The summed E-state index contributed by atoms with van der Waals surface area (Å²) in [6.45, 7) is 10.1. The molecule has 3 aromatic rings. The largest absolute Gasteiger partial charge is 0.453 e. The number of para-hydroxylation sites is 2. The summed E-state index contributed by atoms with van der Waals surface area (Å²) >= 11 is 0. The van der Waals surface area contributed by atoms with E-state index in [2.05, 4.69) is 35.2 Å². The Balaban J connectivity index is 0.000000226. The fraction of sp³-hybridized carbons (Fsp3) is 0.488. The second-order valence-electron chi connectivity index (χ2n) is 13.2. The highest BCUT2D eigenvalue weighted by atomic mass is 16.5. The minimum atomic E-state index is -0.280. The molecule has 8 heteroatoms. The van der Waals surface area contributed by atoms with Gasteiger partial charge >= 0.3 is 6.09 Å². The van der Waals surface area contributed by atoms with Gasteiger partial charge in [0.2, 0.25) is 11.8 Å². The monoisotopic (exact) mass is 668 g/mol. The summed E-state index contributed by atoms with van der Waals surface area (Å²) in [6, 6.07) is 30.6. The lowest BCUT2D eigenvalue weighted by molar-refractivity contribution is -0.119. The van der Waals surface area contributed by atoms with Gasteiger partial charge in [-0.25, -0.2) is 4.79 Å². The number of ether oxygens (including phenoxy) is 1. The maximum atomic E-state index is 12.5. The van der Waals surface area contributed by atoms with Crippen molar-refractivity contribution in [2.24, 2.45) is 11.8 Å². The molecular weight excluding hydrogens is 612 g/mol. The molecule has 0 aliphatic carbocycles. The van der Waals surface area contributed by atoms with Gasteiger partial charge < -0.3 is 24.3 Å². The second-order valence-corrected chi connectivity index (χ2v) is 13.2. The van der Waals surface area contributed by atoms with Gasteiger partial charge in [0.05, 0.1) is 7.11 Å². The molecule has 2 fully saturated rings. The lowest BCUT2D eigenvalue weighted by atomic mass is 9.96. The molecule has 0 N–H and O–H groups in total. The maximum absolute atomic E-state index is 12.5. The molecule has 0 aromatic heterocycles. The molecule has 0 spiro atoms. The van der Waals surface area contributed by atoms with Crippen molar-refractivity contribution in [3.05, 3.63) is 96.6 Å². The van der Waals surface area contributed by atoms with Crippen molar-refractivity contribution in [2.75, 3.05) is 62.7 Å². The Morgan fingerprint density at radius 1 is 0.694 bits per heavy atom. The van der Waals surface area contributed by atoms with Crippen LogP contribution >= 0.6 is 0 Å². The lowest BCUT2D eigenvalue weighted by Crippen LogP contribution is -2.45. The number of carbonyl (C=O) groups is 3. The number of amides is 3. The molecule has 0 bridgehead atoms. The number of carbonyl (C=O) groups excluding carboxylic acids is 3. The number of aryl methyl sites for hydroxylation is 1. The molecule has 0 radical (unpaired) electrons. The summed E-state index contributed by atoms with van der Waals surface area (Å²) in [5.74, 6) is 1.18. The third kappa shape index (κ3) is 12.0. The summed E-state index contributed by atoms with van der Waals surface area (Å²) in [4.78, 5) is 44.6. The lowest BCUT2D eigenvalue weighted by Gasteiger charge is -2.35. The summed E-state index contributed by atoms with van der Waals surface area (Å²) in [5.41, 5.74) is 3.38. The molecule has 2 aliphatic heterocycles. The van der Waals surface area contributed by atoms with Gasteiger partial charge in [0.15, 0.2) is 0 Å². The van der Waals surface area contributed by atoms with Crippen LogP contribution in [0.2, 0.25) is 0 Å². The van der Waals surface area contributed by atoms with Crippen LogP contribution < -0.4 is 9.80 Å². The zero-order valence-electron chi connectivity index (χ0n) is 29.8. The van der Waals surface area contributed by atoms with Crippen LogP contribution in [0.3, 0.4) is 0 Å². The Labute approximate surface area is 294 Å². The number of benzene rings is 3. The summed E-state index contributed by atoms with van der Waals surface area (Å²) in [6.07, 6.45) is 7.52. The Hall–Kier alpha value is -4.17. The first-order chi connectivity index (χ1) is 23.9. The first kappa shape index (κ1) is 37.6. The number of likely N-dealkylation sites (tertiary alicyclic amines) is 2. The molecule has 0 saturated carbocycles. The van der Waals surface area contributed by atoms with E-state index in [-0.39, 0.29) is 23.8 Å². The molecule has 2 atom stereocenters. The Kier molecular flexibility index (Phi) is 15.6. The van der Waals surface area contributed by atoms with Crippen molar-refractivity contribution >= 4 is 29.3 Å². The van der Waals surface area contributed by atoms with Gasteiger partial charge in [0, 0.05) is 56.9 Å². The number of piperidine rings is 2. The highest BCUT2D eigenvalue weighted by Crippen LogP contribution is 2.24. The molecule has 2 aliphatic rings. The van der Waals surface area contributed by atoms with Crippen LogP contribution in [0, 0.1) is 11.8 Å². The van der Waals surface area contributed by atoms with Gasteiger partial charge in [-0.05, 0) is 93.3 Å². The minimum absolute atomic E-state index is 0.112. The molecule has 49 heavy (non-hydrogen) atoms. The van der Waals surface area contributed by atoms with Crippen molar-refractivity contribution in [3.8, 4) is 0 Å². The minimum Gasteiger partial charge on any atom is -0.453 e. The van der Waals surface area contributed by atoms with Crippen LogP contribution in [0.4, 0.5) is 16.2 Å². The predicted molar refractivity (Wildman–Crippen MR) is 199 cm³/mol. The van der Waals surface area contributed by atoms with Crippen LogP contribution in [0.25, 0.3) is 0 Å². The predicted octanol–water partition coefficient (Wildman–Crippen LogP) is 7.68. The average Bonchev–Trinajstić information content (AvgIpc) is 3.16. The number of anilines is 2. The molecule has 8 nitrogen and oxygen atoms in total. The zero-order chi connectivity index (χ0) is 34.8. The van der Waals surface area contributed by atoms with Crippen LogP contribution in [-0.4, -0.2) is 80.6 Å². The normalized spacial score (nSPS) is 17.7. The summed E-state index contributed by atoms with van der Waals surface area (Å²) in [5, 5.41) is 0. The Bertz CT molecular complexity index is 1400. The van der Waals surface area contributed by atoms with E-state index in [4.69, 9.17) is 4.74 Å². The summed E-state index contributed by atoms with van der Waals surface area (Å²) in [7, 11) is 1.41. The molecule has 2 unspecified atom stereocenters. The zero-order valence-corrected chi connectivity index (χ0v) is 29.8. The van der Waals surface area contributed by atoms with E-state index < -0.39 is 0 Å². The van der Waals surface area contributed by atoms with Gasteiger partial charge in [-0.1, -0.05) is 80.6 Å². The topological polar surface area (TPSA) is 73.4 Å². The van der Waals surface area contributed by atoms with Crippen molar-refractivity contribution in [3.63, 3.8) is 0 Å². The van der Waals surface area contributed by atoms with Gasteiger partial charge in [0.1, 0.15) is 0 Å². The molecular formula is C41H56N4O4. The molecule has 2 saturated heterocycles. The van der Waals surface area contributed by atoms with Crippen molar-refractivity contribution in [1.29, 1.82) is 0 Å². The number of methoxy groups -OCH3 is 1. The highest BCUT2D eigenvalue weighted by molar-refractivity contribution is 5.93. The van der Waals surface area contributed by atoms with E-state index in [1.54, 1.807) is 4.90 Å². The third-order valence-electron chi connectivity index (χ3n) is 9.56. The Morgan fingerprint density at radius 2 is 1.18 bits per heavy atom. The van der Waals surface area contributed by atoms with Crippen LogP contribution in [0.5, 0.6) is 0 Å². The molecule has 264 valence electrons. The SMILES string of the molecule is CCC(=O)N(CC1CCCN(C(=O)OC)C1)c1ccccc1.CCC(=O)N(CC1CCCN(CCCc2ccccc2)C1)c1ccccc1. The smallest absolute Gasteiger partial charge is 0.409 e. The number of nitrogens with zero attached hydrogens (tertiary/aromatic N) is 4. The van der Waals surface area contributed by atoms with Crippen LogP contribution in [-0.2, 0) is 20.7 Å². The van der Waals surface area contributed by atoms with Gasteiger partial charge in [0.25, 0.3) is 0 Å². The van der Waals surface area contributed by atoms with E-state index in [1.807, 2.05) is 84.3 Å². The van der Waals surface area contributed by atoms with Gasteiger partial charge in [-0.2, -0.15) is 0 Å². The first-order valence-electron chi connectivity index (χ1n) is 18.2. The number of rotatable bonds is 12. The van der Waals surface area contributed by atoms with Gasteiger partial charge in [-0.15, -0.1) is 0 Å². The first-order valence-corrected chi connectivity index (χ1v) is 18.2. The van der Waals surface area contributed by atoms with E-state index in [9.17, 15) is 14.4 Å². The molecule has 2 heterocycles. The molecule has 5 rings (SSSR count). The van der Waals surface area contributed by atoms with Crippen LogP contribution in [0.1, 0.15) is 64.4 Å². The van der Waals surface area contributed by atoms with E-state index in [0.717, 1.165) is 56.8 Å². The number of hydrogen-bond donors (Lipinski definition) is 0. The Morgan fingerprint density at radius 3 is 1.69 bits per heavy atom. The maximum Gasteiger partial charge on any atom is 0.409 e. The van der Waals surface area contributed by atoms with Crippen molar-refractivity contribution in [1.82, 2.24) is 9.80 Å². The average molecular weight is 669 g/mol.